The van der Waals surface area contributed by atoms with Gasteiger partial charge in [-0.2, -0.15) is 0 Å². The highest BCUT2D eigenvalue weighted by Crippen LogP contribution is 2.42. The predicted molar refractivity (Wildman–Crippen MR) is 97.0 cm³/mol. The van der Waals surface area contributed by atoms with Gasteiger partial charge in [-0.05, 0) is 69.1 Å². The van der Waals surface area contributed by atoms with E-state index in [2.05, 4.69) is 31.6 Å². The minimum absolute atomic E-state index is 0.0302. The number of nitrogens with zero attached hydrogens (tertiary/aromatic N) is 2. The van der Waals surface area contributed by atoms with Crippen molar-refractivity contribution in [2.45, 2.75) is 38.1 Å². The first kappa shape index (κ1) is 16.7. The normalized spacial score (nSPS) is 30.3. The average Bonchev–Trinajstić information content (AvgIpc) is 2.98. The topological polar surface area (TPSA) is 46.6 Å². The Morgan fingerprint density at radius 2 is 1.89 bits per heavy atom. The average molecular weight is 373 g/mol. The molecule has 3 fully saturated rings. The van der Waals surface area contributed by atoms with Crippen LogP contribution in [0.25, 0.3) is 11.3 Å². The predicted octanol–water partition coefficient (Wildman–Crippen LogP) is 3.96. The molecule has 1 aromatic carbocycles. The number of nitrogens with one attached hydrogen (secondary N) is 1. The van der Waals surface area contributed by atoms with Gasteiger partial charge in [0.25, 0.3) is 0 Å². The van der Waals surface area contributed by atoms with Crippen molar-refractivity contribution >= 4 is 5.69 Å². The standard InChI is InChI=1S/C20H21F2N3O2/c1-12-19(13-6-8-25(12)9-7-13)24-15-3-4-16(23-11-15)14-2-5-17-18(10-14)27-20(21,22)26-17/h2-5,10-13,19,24H,6-9H2,1H3/t12-,19-/m1/s1. The van der Waals surface area contributed by atoms with Crippen LogP contribution < -0.4 is 14.8 Å². The van der Waals surface area contributed by atoms with Gasteiger partial charge >= 0.3 is 6.29 Å². The molecule has 5 nitrogen and oxygen atoms in total. The molecular formula is C20H21F2N3O2. The van der Waals surface area contributed by atoms with E-state index in [9.17, 15) is 8.78 Å². The van der Waals surface area contributed by atoms with Crippen molar-refractivity contribution in [3.8, 4) is 22.8 Å². The molecule has 0 spiro atoms. The second kappa shape index (κ2) is 6.05. The number of piperidine rings is 3. The van der Waals surface area contributed by atoms with Gasteiger partial charge in [-0.15, -0.1) is 8.78 Å². The quantitative estimate of drug-likeness (QED) is 0.882. The van der Waals surface area contributed by atoms with Crippen molar-refractivity contribution in [1.29, 1.82) is 0 Å². The Kier molecular flexibility index (Phi) is 3.75. The monoisotopic (exact) mass is 373 g/mol. The molecule has 2 aromatic rings. The summed E-state index contributed by atoms with van der Waals surface area (Å²) in [6.07, 6.45) is 0.692. The van der Waals surface area contributed by atoms with Gasteiger partial charge in [0.05, 0.1) is 17.6 Å². The fraction of sp³-hybridized carbons (Fsp3) is 0.450. The molecule has 27 heavy (non-hydrogen) atoms. The van der Waals surface area contributed by atoms with Crippen LogP contribution in [0.3, 0.4) is 0 Å². The van der Waals surface area contributed by atoms with Gasteiger partial charge in [0.15, 0.2) is 11.5 Å². The van der Waals surface area contributed by atoms with Crippen LogP contribution in [0.4, 0.5) is 14.5 Å². The maximum absolute atomic E-state index is 13.2. The molecular weight excluding hydrogens is 352 g/mol. The Morgan fingerprint density at radius 3 is 2.59 bits per heavy atom. The summed E-state index contributed by atoms with van der Waals surface area (Å²) in [5.74, 6) is 0.779. The smallest absolute Gasteiger partial charge is 0.395 e. The molecule has 0 aliphatic carbocycles. The van der Waals surface area contributed by atoms with Gasteiger partial charge in [0, 0.05) is 17.6 Å². The molecule has 4 aliphatic heterocycles. The molecule has 6 rings (SSSR count). The molecule has 1 aromatic heterocycles. The molecule has 7 heteroatoms. The first-order valence-electron chi connectivity index (χ1n) is 9.35. The molecule has 0 unspecified atom stereocenters. The molecule has 142 valence electrons. The van der Waals surface area contributed by atoms with Crippen LogP contribution in [-0.4, -0.2) is 41.4 Å². The molecule has 0 amide bonds. The summed E-state index contributed by atoms with van der Waals surface area (Å²) >= 11 is 0. The Bertz CT molecular complexity index is 849. The van der Waals surface area contributed by atoms with Crippen LogP contribution in [0.1, 0.15) is 19.8 Å². The summed E-state index contributed by atoms with van der Waals surface area (Å²) in [6, 6.07) is 9.56. The summed E-state index contributed by atoms with van der Waals surface area (Å²) in [5, 5.41) is 3.65. The van der Waals surface area contributed by atoms with Crippen molar-refractivity contribution in [1.82, 2.24) is 9.88 Å². The number of pyridine rings is 1. The van der Waals surface area contributed by atoms with Gasteiger partial charge in [0.1, 0.15) is 0 Å². The lowest BCUT2D eigenvalue weighted by Gasteiger charge is -2.50. The van der Waals surface area contributed by atoms with Gasteiger partial charge in [-0.1, -0.05) is 0 Å². The molecule has 4 aliphatic rings. The Hall–Kier alpha value is -2.41. The number of alkyl halides is 2. The minimum Gasteiger partial charge on any atom is -0.395 e. The zero-order valence-corrected chi connectivity index (χ0v) is 15.0. The fourth-order valence-electron chi connectivity index (χ4n) is 4.50. The van der Waals surface area contributed by atoms with Crippen LogP contribution in [0.2, 0.25) is 0 Å². The lowest BCUT2D eigenvalue weighted by atomic mass is 9.79. The molecule has 5 heterocycles. The van der Waals surface area contributed by atoms with Crippen LogP contribution in [0.5, 0.6) is 11.5 Å². The van der Waals surface area contributed by atoms with Crippen molar-refractivity contribution < 1.29 is 18.3 Å². The third-order valence-electron chi connectivity index (χ3n) is 5.97. The number of ether oxygens (including phenoxy) is 2. The Balaban J connectivity index is 1.33. The molecule has 1 N–H and O–H groups in total. The van der Waals surface area contributed by atoms with Crippen LogP contribution in [0.15, 0.2) is 36.5 Å². The lowest BCUT2D eigenvalue weighted by Crippen LogP contribution is -2.59. The lowest BCUT2D eigenvalue weighted by molar-refractivity contribution is -0.286. The second-order valence-electron chi connectivity index (χ2n) is 7.55. The zero-order chi connectivity index (χ0) is 18.6. The molecule has 2 bridgehead atoms. The molecule has 0 saturated carbocycles. The number of hydrogen-bond acceptors (Lipinski definition) is 5. The zero-order valence-electron chi connectivity index (χ0n) is 15.0. The Labute approximate surface area is 156 Å². The number of rotatable bonds is 3. The first-order chi connectivity index (χ1) is 13.0. The van der Waals surface area contributed by atoms with E-state index in [0.29, 0.717) is 29.3 Å². The van der Waals surface area contributed by atoms with E-state index in [0.717, 1.165) is 5.69 Å². The van der Waals surface area contributed by atoms with Gasteiger partial charge < -0.3 is 14.8 Å². The third kappa shape index (κ3) is 3.00. The molecule has 2 atom stereocenters. The molecule has 0 radical (unpaired) electrons. The number of anilines is 1. The van der Waals surface area contributed by atoms with Crippen LogP contribution in [0, 0.1) is 5.92 Å². The van der Waals surface area contributed by atoms with Gasteiger partial charge in [-0.25, -0.2) is 0 Å². The van der Waals surface area contributed by atoms with E-state index in [1.807, 2.05) is 12.1 Å². The maximum atomic E-state index is 13.2. The fourth-order valence-corrected chi connectivity index (χ4v) is 4.50. The van der Waals surface area contributed by atoms with Crippen molar-refractivity contribution in [3.63, 3.8) is 0 Å². The van der Waals surface area contributed by atoms with E-state index in [4.69, 9.17) is 0 Å². The summed E-state index contributed by atoms with van der Waals surface area (Å²) in [4.78, 5) is 7.05. The highest BCUT2D eigenvalue weighted by molar-refractivity contribution is 5.65. The number of fused-ring (bicyclic) bond motifs is 4. The minimum atomic E-state index is -3.60. The Morgan fingerprint density at radius 1 is 1.11 bits per heavy atom. The number of aromatic nitrogens is 1. The summed E-state index contributed by atoms with van der Waals surface area (Å²) in [5.41, 5.74) is 2.39. The van der Waals surface area contributed by atoms with Crippen LogP contribution in [-0.2, 0) is 0 Å². The van der Waals surface area contributed by atoms with Crippen molar-refractivity contribution in [3.05, 3.63) is 36.5 Å². The summed E-state index contributed by atoms with van der Waals surface area (Å²) < 4.78 is 35.3. The number of halogens is 2. The van der Waals surface area contributed by atoms with Gasteiger partial charge in [-0.3, -0.25) is 9.88 Å². The number of hydrogen-bond donors (Lipinski definition) is 1. The molecule has 3 saturated heterocycles. The van der Waals surface area contributed by atoms with E-state index in [1.54, 1.807) is 12.3 Å². The van der Waals surface area contributed by atoms with Crippen molar-refractivity contribution in [2.75, 3.05) is 18.4 Å². The first-order valence-corrected chi connectivity index (χ1v) is 9.35. The summed E-state index contributed by atoms with van der Waals surface area (Å²) in [7, 11) is 0. The van der Waals surface area contributed by atoms with Gasteiger partial charge in [0.2, 0.25) is 0 Å². The van der Waals surface area contributed by atoms with Crippen molar-refractivity contribution in [2.24, 2.45) is 5.92 Å². The van der Waals surface area contributed by atoms with E-state index < -0.39 is 6.29 Å². The highest BCUT2D eigenvalue weighted by atomic mass is 19.3. The maximum Gasteiger partial charge on any atom is 0.586 e. The van der Waals surface area contributed by atoms with E-state index in [-0.39, 0.29) is 11.5 Å². The number of benzene rings is 1. The largest absolute Gasteiger partial charge is 0.586 e. The second-order valence-corrected chi connectivity index (χ2v) is 7.55. The third-order valence-corrected chi connectivity index (χ3v) is 5.97. The SMILES string of the molecule is C[C@@H]1[C@@H](Nc2ccc(-c3ccc4c(c3)OC(F)(F)O4)nc2)C2CCN1CC2. The summed E-state index contributed by atoms with van der Waals surface area (Å²) in [6.45, 7) is 4.68. The van der Waals surface area contributed by atoms with E-state index >= 15 is 0 Å². The highest BCUT2D eigenvalue weighted by Gasteiger charge is 2.43. The van der Waals surface area contributed by atoms with Crippen LogP contribution >= 0.6 is 0 Å². The van der Waals surface area contributed by atoms with E-state index in [1.165, 1.54) is 38.1 Å².